The topological polar surface area (TPSA) is 129 Å². The van der Waals surface area contributed by atoms with Gasteiger partial charge in [0, 0.05) is 16.1 Å². The second kappa shape index (κ2) is 12.1. The summed E-state index contributed by atoms with van der Waals surface area (Å²) in [7, 11) is 1.59. The number of para-hydroxylation sites is 1. The van der Waals surface area contributed by atoms with Crippen molar-refractivity contribution < 1.29 is 9.66 Å². The molecule has 0 atom stereocenters. The van der Waals surface area contributed by atoms with Gasteiger partial charge >= 0.3 is 0 Å². The summed E-state index contributed by atoms with van der Waals surface area (Å²) in [6.45, 7) is 0.362. The minimum atomic E-state index is -0.439. The molecule has 4 aromatic rings. The van der Waals surface area contributed by atoms with Gasteiger partial charge in [-0.25, -0.2) is 15.0 Å². The smallest absolute Gasteiger partial charge is 0.278 e. The predicted octanol–water partition coefficient (Wildman–Crippen LogP) is 5.84. The molecule has 0 radical (unpaired) electrons. The van der Waals surface area contributed by atoms with Crippen molar-refractivity contribution in [3.05, 3.63) is 99.0 Å². The Bertz CT molecular complexity index is 1380. The average molecular weight is 570 g/mol. The van der Waals surface area contributed by atoms with Gasteiger partial charge in [-0.05, 0) is 54.1 Å². The number of nitro groups is 1. The third-order valence-electron chi connectivity index (χ3n) is 5.07. The van der Waals surface area contributed by atoms with Gasteiger partial charge in [0.2, 0.25) is 5.95 Å². The highest BCUT2D eigenvalue weighted by atomic mass is 79.9. The first-order valence-corrected chi connectivity index (χ1v) is 11.3. The van der Waals surface area contributed by atoms with E-state index in [0.717, 1.165) is 15.6 Å². The van der Waals surface area contributed by atoms with Crippen LogP contribution in [0.1, 0.15) is 5.56 Å². The van der Waals surface area contributed by atoms with Crippen molar-refractivity contribution in [2.45, 2.75) is 6.54 Å². The van der Waals surface area contributed by atoms with Crippen molar-refractivity contribution in [3.8, 4) is 28.3 Å². The second-order valence-corrected chi connectivity index (χ2v) is 8.33. The summed E-state index contributed by atoms with van der Waals surface area (Å²) >= 11 is 3.41. The lowest BCUT2D eigenvalue weighted by atomic mass is 10.1. The maximum atomic E-state index is 11.6. The normalized spacial score (nSPS) is 10.9. The molecular formula is C25H22BrClN6O3. The van der Waals surface area contributed by atoms with Gasteiger partial charge in [0.15, 0.2) is 5.96 Å². The van der Waals surface area contributed by atoms with Crippen LogP contribution < -0.4 is 15.8 Å². The first-order valence-electron chi connectivity index (χ1n) is 10.5. The SMILES string of the molecule is COc1ccc(-c2cc(-c3ccccc3[N+](=O)[O-])nc(NC(N)=NCc3ccc(Br)cc3)n2)cc1.Cl. The number of methoxy groups -OCH3 is 1. The zero-order chi connectivity index (χ0) is 24.8. The number of anilines is 1. The zero-order valence-corrected chi connectivity index (χ0v) is 21.5. The molecule has 0 aliphatic heterocycles. The van der Waals surface area contributed by atoms with Gasteiger partial charge in [-0.1, -0.05) is 40.2 Å². The zero-order valence-electron chi connectivity index (χ0n) is 19.1. The molecule has 184 valence electrons. The Morgan fingerprint density at radius 3 is 2.39 bits per heavy atom. The quantitative estimate of drug-likeness (QED) is 0.124. The number of nitrogens with zero attached hydrogens (tertiary/aromatic N) is 4. The summed E-state index contributed by atoms with van der Waals surface area (Å²) < 4.78 is 6.21. The lowest BCUT2D eigenvalue weighted by Crippen LogP contribution is -2.24. The van der Waals surface area contributed by atoms with E-state index in [1.165, 1.54) is 6.07 Å². The van der Waals surface area contributed by atoms with E-state index in [1.807, 2.05) is 48.5 Å². The highest BCUT2D eigenvalue weighted by Crippen LogP contribution is 2.31. The molecule has 0 bridgehead atoms. The summed E-state index contributed by atoms with van der Waals surface area (Å²) in [5.74, 6) is 0.987. The van der Waals surface area contributed by atoms with E-state index < -0.39 is 4.92 Å². The van der Waals surface area contributed by atoms with Crippen LogP contribution in [0.4, 0.5) is 11.6 Å². The Balaban J connectivity index is 0.00000361. The minimum Gasteiger partial charge on any atom is -0.497 e. The van der Waals surface area contributed by atoms with E-state index in [9.17, 15) is 10.1 Å². The Morgan fingerprint density at radius 1 is 1.06 bits per heavy atom. The van der Waals surface area contributed by atoms with Crippen LogP contribution in [-0.2, 0) is 6.54 Å². The first kappa shape index (κ1) is 26.6. The Kier molecular flexibility index (Phi) is 8.93. The summed E-state index contributed by atoms with van der Waals surface area (Å²) in [5, 5.41) is 14.5. The number of nitrogens with one attached hydrogen (secondary N) is 1. The van der Waals surface area contributed by atoms with Crippen LogP contribution in [0.2, 0.25) is 0 Å². The number of nitro benzene ring substituents is 1. The second-order valence-electron chi connectivity index (χ2n) is 7.42. The summed E-state index contributed by atoms with van der Waals surface area (Å²) in [6, 6.07) is 23.2. The predicted molar refractivity (Wildman–Crippen MR) is 146 cm³/mol. The van der Waals surface area contributed by atoms with Gasteiger partial charge in [-0.2, -0.15) is 0 Å². The number of ether oxygens (including phenoxy) is 1. The van der Waals surface area contributed by atoms with Gasteiger partial charge < -0.3 is 10.5 Å². The number of aromatic nitrogens is 2. The largest absolute Gasteiger partial charge is 0.497 e. The van der Waals surface area contributed by atoms with E-state index in [4.69, 9.17) is 10.5 Å². The lowest BCUT2D eigenvalue weighted by Gasteiger charge is -2.11. The van der Waals surface area contributed by atoms with E-state index in [0.29, 0.717) is 29.2 Å². The standard InChI is InChI=1S/C25H21BrN6O3.ClH/c1-35-19-12-8-17(9-13-19)21-14-22(20-4-2-3-5-23(20)32(33)34)30-25(29-21)31-24(27)28-15-16-6-10-18(26)11-7-16;/h2-14H,15H2,1H3,(H3,27,28,29,30,31);1H. The average Bonchev–Trinajstić information content (AvgIpc) is 2.88. The van der Waals surface area contributed by atoms with Crippen LogP contribution >= 0.6 is 28.3 Å². The van der Waals surface area contributed by atoms with Gasteiger partial charge in [0.05, 0.1) is 35.5 Å². The van der Waals surface area contributed by atoms with Crippen molar-refractivity contribution in [1.29, 1.82) is 0 Å². The number of rotatable bonds is 7. The minimum absolute atomic E-state index is 0. The molecule has 9 nitrogen and oxygen atoms in total. The molecule has 4 rings (SSSR count). The molecule has 0 unspecified atom stereocenters. The molecule has 0 saturated carbocycles. The lowest BCUT2D eigenvalue weighted by molar-refractivity contribution is -0.384. The highest BCUT2D eigenvalue weighted by molar-refractivity contribution is 9.10. The van der Waals surface area contributed by atoms with Crippen molar-refractivity contribution in [2.75, 3.05) is 12.4 Å². The van der Waals surface area contributed by atoms with Gasteiger partial charge in [0.25, 0.3) is 5.69 Å². The molecule has 3 aromatic carbocycles. The fourth-order valence-electron chi connectivity index (χ4n) is 3.32. The molecule has 3 N–H and O–H groups in total. The summed E-state index contributed by atoms with van der Waals surface area (Å²) in [4.78, 5) is 24.6. The molecule has 0 amide bonds. The first-order chi connectivity index (χ1) is 16.9. The number of guanidine groups is 1. The monoisotopic (exact) mass is 568 g/mol. The third-order valence-corrected chi connectivity index (χ3v) is 5.60. The number of benzene rings is 3. The number of hydrogen-bond donors (Lipinski definition) is 2. The molecule has 1 aromatic heterocycles. The fourth-order valence-corrected chi connectivity index (χ4v) is 3.58. The summed E-state index contributed by atoms with van der Waals surface area (Å²) in [6.07, 6.45) is 0. The Labute approximate surface area is 222 Å². The van der Waals surface area contributed by atoms with Crippen LogP contribution in [0.25, 0.3) is 22.5 Å². The van der Waals surface area contributed by atoms with E-state index >= 15 is 0 Å². The molecule has 36 heavy (non-hydrogen) atoms. The maximum absolute atomic E-state index is 11.6. The number of hydrogen-bond acceptors (Lipinski definition) is 6. The van der Waals surface area contributed by atoms with E-state index in [2.05, 4.69) is 36.2 Å². The molecule has 11 heteroatoms. The fraction of sp³-hybridized carbons (Fsp3) is 0.0800. The number of aliphatic imine (C=N–C) groups is 1. The van der Waals surface area contributed by atoms with Crippen LogP contribution in [-0.4, -0.2) is 28.0 Å². The number of nitrogens with two attached hydrogens (primary N) is 1. The van der Waals surface area contributed by atoms with Crippen molar-refractivity contribution in [3.63, 3.8) is 0 Å². The van der Waals surface area contributed by atoms with Gasteiger partial charge in [-0.15, -0.1) is 12.4 Å². The van der Waals surface area contributed by atoms with E-state index in [-0.39, 0.29) is 30.0 Å². The molecule has 0 aliphatic rings. The summed E-state index contributed by atoms with van der Waals surface area (Å²) in [5.41, 5.74) is 9.09. The van der Waals surface area contributed by atoms with Crippen molar-refractivity contribution in [2.24, 2.45) is 10.7 Å². The third kappa shape index (κ3) is 6.55. The maximum Gasteiger partial charge on any atom is 0.278 e. The van der Waals surface area contributed by atoms with Gasteiger partial charge in [-0.3, -0.25) is 15.4 Å². The van der Waals surface area contributed by atoms with Crippen molar-refractivity contribution >= 4 is 45.9 Å². The van der Waals surface area contributed by atoms with Crippen LogP contribution in [0.3, 0.4) is 0 Å². The van der Waals surface area contributed by atoms with Crippen LogP contribution in [0, 0.1) is 10.1 Å². The molecule has 0 aliphatic carbocycles. The highest BCUT2D eigenvalue weighted by Gasteiger charge is 2.18. The molecular weight excluding hydrogens is 548 g/mol. The van der Waals surface area contributed by atoms with Crippen molar-refractivity contribution in [1.82, 2.24) is 9.97 Å². The number of halogens is 2. The molecule has 1 heterocycles. The van der Waals surface area contributed by atoms with E-state index in [1.54, 1.807) is 31.4 Å². The van der Waals surface area contributed by atoms with Crippen LogP contribution in [0.15, 0.2) is 88.3 Å². The van der Waals surface area contributed by atoms with Crippen LogP contribution in [0.5, 0.6) is 5.75 Å². The molecule has 0 fully saturated rings. The molecule has 0 spiro atoms. The Morgan fingerprint density at radius 2 is 1.72 bits per heavy atom. The van der Waals surface area contributed by atoms with Gasteiger partial charge in [0.1, 0.15) is 5.75 Å². The molecule has 0 saturated heterocycles. The Hall–Kier alpha value is -4.02.